The van der Waals surface area contributed by atoms with Gasteiger partial charge in [-0.05, 0) is 24.3 Å². The van der Waals surface area contributed by atoms with E-state index in [4.69, 9.17) is 16.6 Å². The van der Waals surface area contributed by atoms with Crippen molar-refractivity contribution in [3.05, 3.63) is 52.6 Å². The average molecular weight is 412 g/mol. The summed E-state index contributed by atoms with van der Waals surface area (Å²) in [6.07, 6.45) is -3.12. The molecule has 1 aliphatic rings. The highest BCUT2D eigenvalue weighted by Crippen LogP contribution is 2.35. The van der Waals surface area contributed by atoms with Crippen molar-refractivity contribution >= 4 is 46.3 Å². The molecule has 0 N–H and O–H groups in total. The number of nitrogens with zero attached hydrogens (tertiary/aromatic N) is 1. The number of halogens is 3. The number of carbonyl (C=O) groups is 2. The fourth-order valence-electron chi connectivity index (χ4n) is 2.33. The minimum atomic E-state index is -4.47. The van der Waals surface area contributed by atoms with E-state index in [2.05, 4.69) is 0 Å². The van der Waals surface area contributed by atoms with Crippen molar-refractivity contribution in [3.8, 4) is 11.3 Å². The molecule has 2 aromatic rings. The van der Waals surface area contributed by atoms with Gasteiger partial charge in [0.15, 0.2) is 0 Å². The first-order valence-electron chi connectivity index (χ1n) is 7.38. The number of amides is 1. The minimum absolute atomic E-state index is 0.0695. The number of rotatable bonds is 4. The summed E-state index contributed by atoms with van der Waals surface area (Å²) in [5.74, 6) is -1.64. The zero-order valence-corrected chi connectivity index (χ0v) is 14.9. The van der Waals surface area contributed by atoms with E-state index in [-0.39, 0.29) is 26.3 Å². The van der Waals surface area contributed by atoms with Crippen LogP contribution in [0.3, 0.4) is 0 Å². The molecule has 27 heavy (non-hydrogen) atoms. The minimum Gasteiger partial charge on any atom is -0.548 e. The lowest BCUT2D eigenvalue weighted by Gasteiger charge is -2.14. The number of carboxylic acid groups (broad SMARTS) is 1. The molecule has 0 bridgehead atoms. The van der Waals surface area contributed by atoms with Crippen molar-refractivity contribution in [1.82, 2.24) is 4.90 Å². The molecular formula is C17H9F3NO4S2-. The molecule has 0 unspecified atom stereocenters. The number of benzene rings is 1. The Hall–Kier alpha value is -2.59. The standard InChI is InChI=1S/C17H10F3NO4S2/c18-17(19,20)10-3-1-2-9(6-10)12-5-4-11(25-12)7-13-15(24)21(8-14(22)23)16(26)27-13/h1-7H,8H2,(H,22,23)/p-1/b13-7-. The first-order valence-corrected chi connectivity index (χ1v) is 8.60. The zero-order valence-electron chi connectivity index (χ0n) is 13.3. The molecule has 0 saturated carbocycles. The summed E-state index contributed by atoms with van der Waals surface area (Å²) in [5, 5.41) is 10.7. The summed E-state index contributed by atoms with van der Waals surface area (Å²) in [4.78, 5) is 23.9. The lowest BCUT2D eigenvalue weighted by Crippen LogP contribution is -2.40. The summed E-state index contributed by atoms with van der Waals surface area (Å²) >= 11 is 5.86. The van der Waals surface area contributed by atoms with Gasteiger partial charge in [0.1, 0.15) is 15.8 Å². The molecule has 5 nitrogen and oxygen atoms in total. The van der Waals surface area contributed by atoms with Crippen molar-refractivity contribution in [1.29, 1.82) is 0 Å². The van der Waals surface area contributed by atoms with E-state index in [0.29, 0.717) is 0 Å². The summed E-state index contributed by atoms with van der Waals surface area (Å²) < 4.78 is 44.0. The molecule has 10 heteroatoms. The topological polar surface area (TPSA) is 73.6 Å². The van der Waals surface area contributed by atoms with Crippen molar-refractivity contribution < 1.29 is 32.3 Å². The molecule has 0 atom stereocenters. The van der Waals surface area contributed by atoms with E-state index < -0.39 is 30.2 Å². The molecule has 0 radical (unpaired) electrons. The van der Waals surface area contributed by atoms with Crippen LogP contribution in [0.2, 0.25) is 0 Å². The van der Waals surface area contributed by atoms with Gasteiger partial charge in [-0.3, -0.25) is 9.69 Å². The van der Waals surface area contributed by atoms with Crippen LogP contribution in [0.4, 0.5) is 13.2 Å². The second-order valence-electron chi connectivity index (χ2n) is 5.42. The predicted octanol–water partition coefficient (Wildman–Crippen LogP) is 2.92. The third-order valence-electron chi connectivity index (χ3n) is 3.54. The van der Waals surface area contributed by atoms with Crippen molar-refractivity contribution in [2.24, 2.45) is 0 Å². The Labute approximate surface area is 160 Å². The highest BCUT2D eigenvalue weighted by Gasteiger charge is 2.32. The van der Waals surface area contributed by atoms with Crippen LogP contribution in [0.25, 0.3) is 17.4 Å². The Balaban J connectivity index is 1.85. The number of carboxylic acids is 1. The van der Waals surface area contributed by atoms with E-state index in [1.165, 1.54) is 30.3 Å². The molecule has 1 fully saturated rings. The quantitative estimate of drug-likeness (QED) is 0.568. The van der Waals surface area contributed by atoms with Gasteiger partial charge in [-0.15, -0.1) is 0 Å². The molecule has 0 spiro atoms. The molecule has 1 saturated heterocycles. The van der Waals surface area contributed by atoms with E-state index >= 15 is 0 Å². The van der Waals surface area contributed by atoms with Crippen LogP contribution in [-0.4, -0.2) is 27.6 Å². The van der Waals surface area contributed by atoms with E-state index in [1.54, 1.807) is 0 Å². The fraction of sp³-hybridized carbons (Fsp3) is 0.118. The van der Waals surface area contributed by atoms with Gasteiger partial charge in [0.2, 0.25) is 0 Å². The maximum atomic E-state index is 12.8. The summed E-state index contributed by atoms with van der Waals surface area (Å²) in [6, 6.07) is 7.62. The number of carbonyl (C=O) groups excluding carboxylic acids is 2. The number of thioether (sulfide) groups is 1. The molecule has 1 aromatic carbocycles. The van der Waals surface area contributed by atoms with E-state index in [0.717, 1.165) is 28.8 Å². The summed E-state index contributed by atoms with van der Waals surface area (Å²) in [5.41, 5.74) is -0.574. The molecule has 1 amide bonds. The molecule has 3 rings (SSSR count). The second kappa shape index (κ2) is 7.20. The molecule has 1 aromatic heterocycles. The number of thiocarbonyl (C=S) groups is 1. The molecular weight excluding hydrogens is 403 g/mol. The van der Waals surface area contributed by atoms with Crippen LogP contribution in [0, 0.1) is 0 Å². The number of aliphatic carboxylic acids is 1. The van der Waals surface area contributed by atoms with Crippen LogP contribution in [0.5, 0.6) is 0 Å². The van der Waals surface area contributed by atoms with Crippen LogP contribution in [0.15, 0.2) is 45.7 Å². The summed E-state index contributed by atoms with van der Waals surface area (Å²) in [6.45, 7) is -0.657. The fourth-order valence-corrected chi connectivity index (χ4v) is 3.56. The Morgan fingerprint density at radius 3 is 2.70 bits per heavy atom. The van der Waals surface area contributed by atoms with E-state index in [1.807, 2.05) is 0 Å². The van der Waals surface area contributed by atoms with Gasteiger partial charge >= 0.3 is 6.18 Å². The summed E-state index contributed by atoms with van der Waals surface area (Å²) in [7, 11) is 0. The van der Waals surface area contributed by atoms with Gasteiger partial charge in [-0.25, -0.2) is 0 Å². The third-order valence-corrected chi connectivity index (χ3v) is 4.91. The van der Waals surface area contributed by atoms with Gasteiger partial charge in [0, 0.05) is 11.6 Å². The molecule has 2 heterocycles. The number of hydrogen-bond donors (Lipinski definition) is 0. The Kier molecular flexibility index (Phi) is 5.11. The third kappa shape index (κ3) is 4.22. The van der Waals surface area contributed by atoms with Gasteiger partial charge in [0.25, 0.3) is 5.91 Å². The predicted molar refractivity (Wildman–Crippen MR) is 94.0 cm³/mol. The number of alkyl halides is 3. The molecule has 1 aliphatic heterocycles. The highest BCUT2D eigenvalue weighted by molar-refractivity contribution is 8.26. The van der Waals surface area contributed by atoms with Crippen LogP contribution in [0.1, 0.15) is 11.3 Å². The van der Waals surface area contributed by atoms with Crippen LogP contribution >= 0.6 is 24.0 Å². The van der Waals surface area contributed by atoms with Crippen molar-refractivity contribution in [2.45, 2.75) is 6.18 Å². The highest BCUT2D eigenvalue weighted by atomic mass is 32.2. The molecule has 140 valence electrons. The lowest BCUT2D eigenvalue weighted by molar-refractivity contribution is -0.305. The first kappa shape index (κ1) is 19.2. The van der Waals surface area contributed by atoms with Gasteiger partial charge < -0.3 is 14.3 Å². The van der Waals surface area contributed by atoms with Crippen LogP contribution < -0.4 is 5.11 Å². The Morgan fingerprint density at radius 1 is 1.30 bits per heavy atom. The maximum Gasteiger partial charge on any atom is 0.416 e. The normalized spacial score (nSPS) is 16.4. The second-order valence-corrected chi connectivity index (χ2v) is 7.10. The number of furan rings is 1. The van der Waals surface area contributed by atoms with Crippen molar-refractivity contribution in [3.63, 3.8) is 0 Å². The van der Waals surface area contributed by atoms with Crippen LogP contribution in [-0.2, 0) is 15.8 Å². The Bertz CT molecular complexity index is 965. The largest absolute Gasteiger partial charge is 0.548 e. The van der Waals surface area contributed by atoms with E-state index in [9.17, 15) is 27.9 Å². The molecule has 0 aliphatic carbocycles. The average Bonchev–Trinajstić information content (AvgIpc) is 3.15. The van der Waals surface area contributed by atoms with Gasteiger partial charge in [0.05, 0.1) is 23.0 Å². The van der Waals surface area contributed by atoms with Gasteiger partial charge in [-0.1, -0.05) is 36.1 Å². The zero-order chi connectivity index (χ0) is 19.8. The number of hydrogen-bond acceptors (Lipinski definition) is 6. The lowest BCUT2D eigenvalue weighted by atomic mass is 10.1. The monoisotopic (exact) mass is 412 g/mol. The SMILES string of the molecule is O=C([O-])CN1C(=O)/C(=C/c2ccc(-c3cccc(C(F)(F)F)c3)o2)SC1=S. The first-order chi connectivity index (χ1) is 12.6. The Morgan fingerprint density at radius 2 is 2.04 bits per heavy atom. The van der Waals surface area contributed by atoms with Gasteiger partial charge in [-0.2, -0.15) is 13.2 Å². The maximum absolute atomic E-state index is 12.8. The van der Waals surface area contributed by atoms with Crippen molar-refractivity contribution in [2.75, 3.05) is 6.54 Å². The smallest absolute Gasteiger partial charge is 0.416 e.